The zero-order valence-corrected chi connectivity index (χ0v) is 11.7. The molecule has 6 heteroatoms. The third-order valence-electron chi connectivity index (χ3n) is 3.87. The van der Waals surface area contributed by atoms with Gasteiger partial charge >= 0.3 is 5.97 Å². The van der Waals surface area contributed by atoms with E-state index in [1.165, 1.54) is 0 Å². The molecule has 0 radical (unpaired) electrons. The molecule has 5 N–H and O–H groups in total. The van der Waals surface area contributed by atoms with Crippen LogP contribution >= 0.6 is 0 Å². The number of carboxylic acid groups (broad SMARTS) is 1. The van der Waals surface area contributed by atoms with Crippen molar-refractivity contribution in [1.29, 1.82) is 0 Å². The maximum absolute atomic E-state index is 11.7. The first kappa shape index (κ1) is 15.9. The Kier molecular flexibility index (Phi) is 5.75. The maximum Gasteiger partial charge on any atom is 0.324 e. The molecule has 0 aromatic rings. The zero-order valence-electron chi connectivity index (χ0n) is 11.7. The van der Waals surface area contributed by atoms with Gasteiger partial charge in [0.05, 0.1) is 6.04 Å². The van der Waals surface area contributed by atoms with Crippen molar-refractivity contribution >= 4 is 11.9 Å². The summed E-state index contributed by atoms with van der Waals surface area (Å²) in [4.78, 5) is 22.9. The number of primary amides is 1. The third kappa shape index (κ3) is 3.91. The smallest absolute Gasteiger partial charge is 0.324 e. The highest BCUT2D eigenvalue weighted by molar-refractivity contribution is 5.81. The molecule has 0 heterocycles. The number of hydrogen-bond acceptors (Lipinski definition) is 4. The van der Waals surface area contributed by atoms with Crippen LogP contribution in [0.2, 0.25) is 0 Å². The Hall–Kier alpha value is -1.14. The summed E-state index contributed by atoms with van der Waals surface area (Å²) in [5, 5.41) is 15.6. The van der Waals surface area contributed by atoms with Crippen molar-refractivity contribution < 1.29 is 14.7 Å². The van der Waals surface area contributed by atoms with E-state index in [1.807, 2.05) is 6.92 Å². The minimum atomic E-state index is -0.902. The van der Waals surface area contributed by atoms with Crippen molar-refractivity contribution in [3.05, 3.63) is 0 Å². The lowest BCUT2D eigenvalue weighted by Gasteiger charge is -2.32. The van der Waals surface area contributed by atoms with Crippen LogP contribution in [0.1, 0.15) is 39.0 Å². The number of nitrogens with two attached hydrogens (primary N) is 1. The summed E-state index contributed by atoms with van der Waals surface area (Å²) in [5.41, 5.74) is 4.37. The van der Waals surface area contributed by atoms with Crippen LogP contribution in [-0.2, 0) is 9.59 Å². The van der Waals surface area contributed by atoms with Crippen LogP contribution in [-0.4, -0.2) is 42.2 Å². The highest BCUT2D eigenvalue weighted by Gasteiger charge is 2.50. The van der Waals surface area contributed by atoms with Crippen LogP contribution in [0.3, 0.4) is 0 Å². The molecule has 0 aliphatic heterocycles. The quantitative estimate of drug-likeness (QED) is 0.450. The van der Waals surface area contributed by atoms with Crippen molar-refractivity contribution in [3.63, 3.8) is 0 Å². The first-order chi connectivity index (χ1) is 8.97. The fraction of sp³-hybridized carbons (Fsp3) is 0.846. The van der Waals surface area contributed by atoms with E-state index >= 15 is 0 Å². The number of carbonyl (C=O) groups excluding carboxylic acids is 1. The van der Waals surface area contributed by atoms with Gasteiger partial charge in [-0.3, -0.25) is 9.59 Å². The number of carboxylic acids is 1. The lowest BCUT2D eigenvalue weighted by molar-refractivity contribution is -0.146. The van der Waals surface area contributed by atoms with Crippen LogP contribution in [0.4, 0.5) is 0 Å². The topological polar surface area (TPSA) is 104 Å². The molecule has 1 fully saturated rings. The Morgan fingerprint density at radius 2 is 2.11 bits per heavy atom. The van der Waals surface area contributed by atoms with Gasteiger partial charge in [0.2, 0.25) is 5.91 Å². The summed E-state index contributed by atoms with van der Waals surface area (Å²) in [6.45, 7) is 2.68. The summed E-state index contributed by atoms with van der Waals surface area (Å²) in [5.74, 6) is -1.09. The average Bonchev–Trinajstić information content (AvgIpc) is 3.17. The van der Waals surface area contributed by atoms with Crippen LogP contribution in [0.15, 0.2) is 0 Å². The molecule has 2 unspecified atom stereocenters. The highest BCUT2D eigenvalue weighted by atomic mass is 16.4. The van der Waals surface area contributed by atoms with Crippen LogP contribution in [0, 0.1) is 5.92 Å². The lowest BCUT2D eigenvalue weighted by Crippen LogP contribution is -2.55. The maximum atomic E-state index is 11.7. The van der Waals surface area contributed by atoms with E-state index in [-0.39, 0.29) is 5.92 Å². The van der Waals surface area contributed by atoms with Crippen molar-refractivity contribution in [1.82, 2.24) is 10.6 Å². The standard InChI is InChI=1S/C13H25N3O3/c1-3-8-16-13(12(18)19,9-4-5-9)7-6-10(15-2)11(14)17/h9-10,15-16H,3-8H2,1-2H3,(H2,14,17)(H,18,19). The molecule has 0 aromatic heterocycles. The summed E-state index contributed by atoms with van der Waals surface area (Å²) in [6, 6.07) is -0.471. The van der Waals surface area contributed by atoms with E-state index in [4.69, 9.17) is 5.73 Å². The predicted octanol–water partition coefficient (Wildman–Crippen LogP) is 0.0729. The third-order valence-corrected chi connectivity index (χ3v) is 3.87. The molecule has 0 spiro atoms. The SMILES string of the molecule is CCCNC(CCC(NC)C(N)=O)(C(=O)O)C1CC1. The Morgan fingerprint density at radius 3 is 2.47 bits per heavy atom. The molecule has 0 saturated heterocycles. The second-order valence-electron chi connectivity index (χ2n) is 5.26. The van der Waals surface area contributed by atoms with Gasteiger partial charge in [-0.2, -0.15) is 0 Å². The molecule has 0 bridgehead atoms. The second-order valence-corrected chi connectivity index (χ2v) is 5.26. The second kappa shape index (κ2) is 6.86. The van der Waals surface area contributed by atoms with Crippen LogP contribution in [0.25, 0.3) is 0 Å². The summed E-state index contributed by atoms with van der Waals surface area (Å²) in [7, 11) is 1.66. The van der Waals surface area contributed by atoms with Gasteiger partial charge in [-0.25, -0.2) is 0 Å². The molecule has 1 aliphatic rings. The molecule has 1 aliphatic carbocycles. The molecule has 19 heavy (non-hydrogen) atoms. The summed E-state index contributed by atoms with van der Waals surface area (Å²) in [6.07, 6.45) is 3.60. The number of hydrogen-bond donors (Lipinski definition) is 4. The van der Waals surface area contributed by atoms with Crippen molar-refractivity contribution in [2.24, 2.45) is 11.7 Å². The number of rotatable bonds is 10. The Balaban J connectivity index is 2.72. The minimum Gasteiger partial charge on any atom is -0.480 e. The predicted molar refractivity (Wildman–Crippen MR) is 72.7 cm³/mol. The van der Waals surface area contributed by atoms with E-state index in [9.17, 15) is 14.7 Å². The largest absolute Gasteiger partial charge is 0.480 e. The molecule has 6 nitrogen and oxygen atoms in total. The molecule has 1 amide bonds. The lowest BCUT2D eigenvalue weighted by atomic mass is 9.86. The molecule has 1 saturated carbocycles. The first-order valence-corrected chi connectivity index (χ1v) is 6.93. The van der Waals surface area contributed by atoms with Gasteiger partial charge in [-0.1, -0.05) is 6.92 Å². The van der Waals surface area contributed by atoms with E-state index in [1.54, 1.807) is 7.05 Å². The van der Waals surface area contributed by atoms with Gasteiger partial charge in [0.15, 0.2) is 0 Å². The molecule has 0 aromatic carbocycles. The molecule has 110 valence electrons. The average molecular weight is 271 g/mol. The molecular weight excluding hydrogens is 246 g/mol. The van der Waals surface area contributed by atoms with E-state index < -0.39 is 23.5 Å². The number of aliphatic carboxylic acids is 1. The minimum absolute atomic E-state index is 0.168. The number of carbonyl (C=O) groups is 2. The Morgan fingerprint density at radius 1 is 1.47 bits per heavy atom. The highest BCUT2D eigenvalue weighted by Crippen LogP contribution is 2.42. The first-order valence-electron chi connectivity index (χ1n) is 6.93. The Labute approximate surface area is 114 Å². The fourth-order valence-electron chi connectivity index (χ4n) is 2.52. The summed E-state index contributed by atoms with van der Waals surface area (Å²) >= 11 is 0. The monoisotopic (exact) mass is 271 g/mol. The number of likely N-dealkylation sites (N-methyl/N-ethyl adjacent to an activating group) is 1. The Bertz CT molecular complexity index is 331. The summed E-state index contributed by atoms with van der Waals surface area (Å²) < 4.78 is 0. The molecular formula is C13H25N3O3. The van der Waals surface area contributed by atoms with Gasteiger partial charge in [0, 0.05) is 0 Å². The van der Waals surface area contributed by atoms with E-state index in [0.29, 0.717) is 19.4 Å². The molecule has 2 atom stereocenters. The van der Waals surface area contributed by atoms with E-state index in [0.717, 1.165) is 19.3 Å². The van der Waals surface area contributed by atoms with Crippen LogP contribution < -0.4 is 16.4 Å². The number of nitrogens with one attached hydrogen (secondary N) is 2. The van der Waals surface area contributed by atoms with Gasteiger partial charge in [0.25, 0.3) is 0 Å². The normalized spacial score (nSPS) is 19.7. The van der Waals surface area contributed by atoms with Gasteiger partial charge < -0.3 is 21.5 Å². The fourth-order valence-corrected chi connectivity index (χ4v) is 2.52. The van der Waals surface area contributed by atoms with Gasteiger partial charge in [-0.05, 0) is 51.6 Å². The van der Waals surface area contributed by atoms with Crippen LogP contribution in [0.5, 0.6) is 0 Å². The zero-order chi connectivity index (χ0) is 14.5. The van der Waals surface area contributed by atoms with Gasteiger partial charge in [-0.15, -0.1) is 0 Å². The van der Waals surface area contributed by atoms with Gasteiger partial charge in [0.1, 0.15) is 5.54 Å². The van der Waals surface area contributed by atoms with Crippen molar-refractivity contribution in [2.45, 2.75) is 50.6 Å². The number of amides is 1. The van der Waals surface area contributed by atoms with Crippen molar-refractivity contribution in [3.8, 4) is 0 Å². The van der Waals surface area contributed by atoms with Crippen molar-refractivity contribution in [2.75, 3.05) is 13.6 Å². The molecule has 1 rings (SSSR count). The van der Waals surface area contributed by atoms with E-state index in [2.05, 4.69) is 10.6 Å².